The molecule has 1 amide bonds. The van der Waals surface area contributed by atoms with Crippen LogP contribution < -0.4 is 9.64 Å². The Kier molecular flexibility index (Phi) is 7.16. The summed E-state index contributed by atoms with van der Waals surface area (Å²) in [6.45, 7) is 5.74. The normalized spacial score (nSPS) is 18.1. The van der Waals surface area contributed by atoms with Gasteiger partial charge in [-0.1, -0.05) is 30.3 Å². The van der Waals surface area contributed by atoms with Crippen molar-refractivity contribution in [2.24, 2.45) is 0 Å². The van der Waals surface area contributed by atoms with E-state index >= 15 is 0 Å². The summed E-state index contributed by atoms with van der Waals surface area (Å²) < 4.78 is 11.6. The Balaban J connectivity index is 1.23. The zero-order valence-corrected chi connectivity index (χ0v) is 22.5. The number of H-pyrrole nitrogens is 1. The molecule has 0 saturated carbocycles. The first-order valence-electron chi connectivity index (χ1n) is 13.7. The second-order valence-corrected chi connectivity index (χ2v) is 10.4. The molecule has 4 aromatic rings. The Labute approximate surface area is 233 Å². The van der Waals surface area contributed by atoms with E-state index in [-0.39, 0.29) is 12.0 Å². The molecule has 204 valence electrons. The number of likely N-dealkylation sites (tertiary alicyclic amines) is 1. The molecule has 1 aromatic heterocycles. The first-order valence-corrected chi connectivity index (χ1v) is 13.7. The lowest BCUT2D eigenvalue weighted by atomic mass is 9.99. The van der Waals surface area contributed by atoms with E-state index in [2.05, 4.69) is 58.4 Å². The first kappa shape index (κ1) is 25.9. The molecule has 2 aliphatic rings. The lowest BCUT2D eigenvalue weighted by Crippen LogP contribution is -2.37. The van der Waals surface area contributed by atoms with Crippen LogP contribution in [0, 0.1) is 11.3 Å². The summed E-state index contributed by atoms with van der Waals surface area (Å²) in [4.78, 5) is 19.6. The number of nitrogens with one attached hydrogen (secondary N) is 1. The zero-order valence-electron chi connectivity index (χ0n) is 22.5. The van der Waals surface area contributed by atoms with Crippen LogP contribution in [0.25, 0.3) is 33.3 Å². The quantitative estimate of drug-likeness (QED) is 0.374. The van der Waals surface area contributed by atoms with Gasteiger partial charge in [0.2, 0.25) is 0 Å². The molecule has 2 atom stereocenters. The van der Waals surface area contributed by atoms with E-state index in [9.17, 15) is 15.2 Å². The number of carbonyl (C=O) groups is 1. The van der Waals surface area contributed by atoms with Crippen molar-refractivity contribution < 1.29 is 19.4 Å². The molecule has 2 aliphatic heterocycles. The van der Waals surface area contributed by atoms with Crippen LogP contribution in [0.5, 0.6) is 5.75 Å². The number of aromatic amines is 1. The van der Waals surface area contributed by atoms with Crippen LogP contribution in [0.1, 0.15) is 18.9 Å². The van der Waals surface area contributed by atoms with Gasteiger partial charge in [0, 0.05) is 48.3 Å². The number of carbonyl (C=O) groups excluding carboxylic acids is 1. The highest BCUT2D eigenvalue weighted by molar-refractivity contribution is 5.98. The molecule has 1 unspecified atom stereocenters. The maximum absolute atomic E-state index is 12.1. The topological polar surface area (TPSA) is 102 Å². The van der Waals surface area contributed by atoms with Gasteiger partial charge in [0.15, 0.2) is 0 Å². The van der Waals surface area contributed by atoms with Gasteiger partial charge in [0.1, 0.15) is 24.0 Å². The smallest absolute Gasteiger partial charge is 0.251 e. The van der Waals surface area contributed by atoms with Gasteiger partial charge in [0.05, 0.1) is 25.3 Å². The second-order valence-electron chi connectivity index (χ2n) is 10.4. The first-order chi connectivity index (χ1) is 19.5. The highest BCUT2D eigenvalue weighted by Gasteiger charge is 2.30. The summed E-state index contributed by atoms with van der Waals surface area (Å²) in [7, 11) is 0. The predicted octanol–water partition coefficient (Wildman–Crippen LogP) is 4.57. The molecule has 6 rings (SSSR count). The molecular formula is C32H32N4O4. The summed E-state index contributed by atoms with van der Waals surface area (Å²) in [6.07, 6.45) is -0.589. The van der Waals surface area contributed by atoms with Crippen molar-refractivity contribution in [3.63, 3.8) is 0 Å². The Morgan fingerprint density at radius 2 is 1.85 bits per heavy atom. The molecule has 2 fully saturated rings. The number of fused-ring (bicyclic) bond motifs is 1. The Bertz CT molecular complexity index is 1560. The van der Waals surface area contributed by atoms with E-state index in [1.54, 1.807) is 4.90 Å². The number of aromatic nitrogens is 1. The Morgan fingerprint density at radius 3 is 2.60 bits per heavy atom. The summed E-state index contributed by atoms with van der Waals surface area (Å²) in [5, 5.41) is 20.6. The molecule has 3 heterocycles. The number of aliphatic hydroxyl groups is 1. The maximum atomic E-state index is 12.1. The SMILES string of the molecule is CC(O)C(=O)N1CC[C@@H](Oc2ccc(-c3cccc4[nH]c(-c5ccc(N6CCOCC6)cc5)cc34)cc2C#N)C1. The number of nitriles is 1. The number of ether oxygens (including phenoxy) is 2. The fourth-order valence-electron chi connectivity index (χ4n) is 5.59. The van der Waals surface area contributed by atoms with Crippen molar-refractivity contribution in [3.05, 3.63) is 72.3 Å². The highest BCUT2D eigenvalue weighted by atomic mass is 16.5. The van der Waals surface area contributed by atoms with Gasteiger partial charge in [0.25, 0.3) is 5.91 Å². The van der Waals surface area contributed by atoms with Gasteiger partial charge in [-0.2, -0.15) is 5.26 Å². The molecule has 40 heavy (non-hydrogen) atoms. The molecule has 0 spiro atoms. The molecule has 2 N–H and O–H groups in total. The summed E-state index contributed by atoms with van der Waals surface area (Å²) >= 11 is 0. The van der Waals surface area contributed by atoms with Crippen molar-refractivity contribution in [3.8, 4) is 34.2 Å². The van der Waals surface area contributed by atoms with Gasteiger partial charge in [-0.25, -0.2) is 0 Å². The standard InChI is InChI=1S/C32H32N4O4/c1-21(37)32(38)36-12-11-26(20-36)40-31-10-7-23(17-24(31)19-33)27-3-2-4-29-28(27)18-30(34-29)22-5-8-25(9-6-22)35-13-15-39-16-14-35/h2-10,17-18,21,26,34,37H,11-16,20H2,1H3/t21?,26-/m1/s1. The minimum atomic E-state index is -1.03. The van der Waals surface area contributed by atoms with Gasteiger partial charge in [-0.15, -0.1) is 0 Å². The monoisotopic (exact) mass is 536 g/mol. The largest absolute Gasteiger partial charge is 0.487 e. The molecule has 0 aliphatic carbocycles. The van der Waals surface area contributed by atoms with E-state index in [0.29, 0.717) is 30.8 Å². The van der Waals surface area contributed by atoms with Crippen molar-refractivity contribution in [2.75, 3.05) is 44.3 Å². The molecule has 3 aromatic carbocycles. The van der Waals surface area contributed by atoms with Crippen LogP contribution in [0.2, 0.25) is 0 Å². The number of nitrogens with zero attached hydrogens (tertiary/aromatic N) is 3. The molecule has 8 nitrogen and oxygen atoms in total. The average molecular weight is 537 g/mol. The Morgan fingerprint density at radius 1 is 1.07 bits per heavy atom. The van der Waals surface area contributed by atoms with Crippen molar-refractivity contribution in [2.45, 2.75) is 25.6 Å². The van der Waals surface area contributed by atoms with Gasteiger partial charge < -0.3 is 29.4 Å². The van der Waals surface area contributed by atoms with Crippen molar-refractivity contribution in [1.29, 1.82) is 5.26 Å². The minimum Gasteiger partial charge on any atom is -0.487 e. The Hall–Kier alpha value is -4.32. The fourth-order valence-corrected chi connectivity index (χ4v) is 5.59. The lowest BCUT2D eigenvalue weighted by molar-refractivity contribution is -0.138. The van der Waals surface area contributed by atoms with E-state index in [1.165, 1.54) is 12.6 Å². The van der Waals surface area contributed by atoms with Crippen LogP contribution in [-0.2, 0) is 9.53 Å². The summed E-state index contributed by atoms with van der Waals surface area (Å²) in [5.41, 5.74) is 6.79. The minimum absolute atomic E-state index is 0.217. The predicted molar refractivity (Wildman–Crippen MR) is 154 cm³/mol. The molecule has 2 saturated heterocycles. The number of rotatable bonds is 6. The fraction of sp³-hybridized carbons (Fsp3) is 0.312. The summed E-state index contributed by atoms with van der Waals surface area (Å²) in [6, 6.07) is 24.9. The van der Waals surface area contributed by atoms with Crippen LogP contribution in [-0.4, -0.2) is 72.5 Å². The van der Waals surface area contributed by atoms with Crippen molar-refractivity contribution in [1.82, 2.24) is 9.88 Å². The van der Waals surface area contributed by atoms with Crippen molar-refractivity contribution >= 4 is 22.5 Å². The lowest BCUT2D eigenvalue weighted by Gasteiger charge is -2.28. The summed E-state index contributed by atoms with van der Waals surface area (Å²) in [5.74, 6) is 0.207. The van der Waals surface area contributed by atoms with Crippen LogP contribution in [0.3, 0.4) is 0 Å². The number of amides is 1. The highest BCUT2D eigenvalue weighted by Crippen LogP contribution is 2.35. The second kappa shape index (κ2) is 11.0. The number of hydrogen-bond acceptors (Lipinski definition) is 6. The average Bonchev–Trinajstić information content (AvgIpc) is 3.65. The molecular weight excluding hydrogens is 504 g/mol. The van der Waals surface area contributed by atoms with Gasteiger partial charge in [-0.3, -0.25) is 4.79 Å². The van der Waals surface area contributed by atoms with E-state index in [1.807, 2.05) is 24.3 Å². The maximum Gasteiger partial charge on any atom is 0.251 e. The van der Waals surface area contributed by atoms with Crippen LogP contribution >= 0.6 is 0 Å². The van der Waals surface area contributed by atoms with Crippen LogP contribution in [0.15, 0.2) is 66.7 Å². The third-order valence-electron chi connectivity index (χ3n) is 7.74. The number of aliphatic hydroxyl groups excluding tert-OH is 1. The third kappa shape index (κ3) is 5.14. The number of morpholine rings is 1. The van der Waals surface area contributed by atoms with E-state index in [0.717, 1.165) is 59.6 Å². The molecule has 8 heteroatoms. The van der Waals surface area contributed by atoms with Gasteiger partial charge in [-0.05, 0) is 60.0 Å². The number of anilines is 1. The van der Waals surface area contributed by atoms with Gasteiger partial charge >= 0.3 is 0 Å². The number of hydrogen-bond donors (Lipinski definition) is 2. The molecule has 0 radical (unpaired) electrons. The van der Waals surface area contributed by atoms with Crippen LogP contribution in [0.4, 0.5) is 5.69 Å². The molecule has 0 bridgehead atoms. The van der Waals surface area contributed by atoms with E-state index < -0.39 is 6.10 Å². The van der Waals surface area contributed by atoms with E-state index in [4.69, 9.17) is 9.47 Å². The zero-order chi connectivity index (χ0) is 27.6. The number of benzene rings is 3. The third-order valence-corrected chi connectivity index (χ3v) is 7.74.